The molecular formula is C10H28Cl2N2O2Pt. The van der Waals surface area contributed by atoms with E-state index in [2.05, 4.69) is 27.7 Å². The van der Waals surface area contributed by atoms with Crippen LogP contribution in [0, 0.1) is 11.8 Å². The third-order valence-corrected chi connectivity index (χ3v) is 1.44. The minimum atomic E-state index is -0.472. The van der Waals surface area contributed by atoms with Gasteiger partial charge in [-0.25, -0.2) is 0 Å². The summed E-state index contributed by atoms with van der Waals surface area (Å²) in [7, 11) is 9.75. The molecule has 7 heteroatoms. The van der Waals surface area contributed by atoms with Crippen molar-refractivity contribution >= 4 is 18.8 Å². The molecule has 0 unspecified atom stereocenters. The van der Waals surface area contributed by atoms with Crippen LogP contribution in [0.2, 0.25) is 0 Å². The topological polar surface area (TPSA) is 111 Å². The quantitative estimate of drug-likeness (QED) is 0.589. The van der Waals surface area contributed by atoms with Crippen LogP contribution in [0.25, 0.3) is 11.5 Å². The Morgan fingerprint density at radius 1 is 0.824 bits per heavy atom. The van der Waals surface area contributed by atoms with E-state index in [4.69, 9.17) is 30.3 Å². The van der Waals surface area contributed by atoms with E-state index in [1.54, 1.807) is 0 Å². The number of nitrogens with one attached hydrogen (secondary N) is 2. The van der Waals surface area contributed by atoms with Crippen LogP contribution in [0.1, 0.15) is 40.5 Å². The fourth-order valence-electron chi connectivity index (χ4n) is 0.577. The number of hydrogen-bond donors (Lipinski definition) is 0. The Morgan fingerprint density at radius 2 is 1.00 bits per heavy atom. The Morgan fingerprint density at radius 3 is 1.00 bits per heavy atom. The van der Waals surface area contributed by atoms with Gasteiger partial charge in [-0.15, -0.1) is 0 Å². The van der Waals surface area contributed by atoms with Crippen molar-refractivity contribution in [2.24, 2.45) is 11.8 Å². The van der Waals surface area contributed by atoms with Crippen LogP contribution >= 0.6 is 18.8 Å². The molecule has 0 amide bonds. The van der Waals surface area contributed by atoms with Gasteiger partial charge in [0, 0.05) is 0 Å². The first-order valence-electron chi connectivity index (χ1n) is 5.07. The second-order valence-corrected chi connectivity index (χ2v) is 7.19. The Labute approximate surface area is 123 Å². The zero-order chi connectivity index (χ0) is 12.7. The molecule has 4 nitrogen and oxygen atoms in total. The van der Waals surface area contributed by atoms with Crippen molar-refractivity contribution in [3.63, 3.8) is 0 Å². The zero-order valence-electron chi connectivity index (χ0n) is 11.1. The van der Waals surface area contributed by atoms with Gasteiger partial charge in [-0.05, 0) is 11.8 Å². The third kappa shape index (κ3) is 77.3. The van der Waals surface area contributed by atoms with Crippen molar-refractivity contribution in [1.82, 2.24) is 0 Å². The van der Waals surface area contributed by atoms with Gasteiger partial charge in [0.05, 0.1) is 0 Å². The molecule has 0 heterocycles. The van der Waals surface area contributed by atoms with E-state index in [0.717, 1.165) is 12.8 Å². The summed E-state index contributed by atoms with van der Waals surface area (Å²) in [4.78, 5) is 0. The molecule has 0 aliphatic heterocycles. The van der Waals surface area contributed by atoms with E-state index < -0.39 is 16.5 Å². The molecule has 0 atom stereocenters. The van der Waals surface area contributed by atoms with Gasteiger partial charge in [0.1, 0.15) is 0 Å². The molecule has 6 N–H and O–H groups in total. The minimum absolute atomic E-state index is 0. The molecule has 0 rings (SSSR count). The molecule has 0 radical (unpaired) electrons. The molecule has 0 aromatic heterocycles. The summed E-state index contributed by atoms with van der Waals surface area (Å²) in [6, 6.07) is 0. The van der Waals surface area contributed by atoms with E-state index in [1.165, 1.54) is 0 Å². The van der Waals surface area contributed by atoms with Crippen LogP contribution in [-0.2, 0) is 16.5 Å². The van der Waals surface area contributed by atoms with Gasteiger partial charge in [-0.2, -0.15) is 13.1 Å². The van der Waals surface area contributed by atoms with Gasteiger partial charge in [-0.1, -0.05) is 40.5 Å². The summed E-state index contributed by atoms with van der Waals surface area (Å²) in [6.45, 7) is 9.70. The van der Waals surface area contributed by atoms with Crippen LogP contribution in [-0.4, -0.2) is 24.0 Å². The fourth-order valence-corrected chi connectivity index (χ4v) is 0.577. The van der Waals surface area contributed by atoms with Gasteiger partial charge in [-0.3, -0.25) is 0 Å². The van der Waals surface area contributed by atoms with E-state index >= 15 is 0 Å². The monoisotopic (exact) mass is 473 g/mol. The molecule has 0 spiro atoms. The Kier molecular flexibility index (Phi) is 54.9. The van der Waals surface area contributed by atoms with Gasteiger partial charge < -0.3 is 22.4 Å². The maximum atomic E-state index is 6.73. The standard InChI is InChI=1S/2C5H12N.2ClH.2H2O.Pt/c2*1-5(2)3-4-6;;;;;/h2*5-6H,3-4H2,1-2H3;2*1H;2*1H2;/q2*-1;;;;;+4/p-2. The van der Waals surface area contributed by atoms with Crippen LogP contribution in [0.5, 0.6) is 0 Å². The number of hydrogen-bond acceptors (Lipinski definition) is 0. The number of rotatable bonds is 4. The summed E-state index contributed by atoms with van der Waals surface area (Å²) in [5.74, 6) is 1.42. The Hall–Kier alpha value is 1.11. The van der Waals surface area contributed by atoms with Crippen LogP contribution in [0.15, 0.2) is 0 Å². The second kappa shape index (κ2) is 30.3. The normalized spacial score (nSPS) is 8.35. The first kappa shape index (κ1) is 30.8. The van der Waals surface area contributed by atoms with Crippen molar-refractivity contribution in [1.29, 1.82) is 0 Å². The van der Waals surface area contributed by atoms with Gasteiger partial charge >= 0.3 is 35.3 Å². The predicted octanol–water partition coefficient (Wildman–Crippen LogP) is 3.90. The van der Waals surface area contributed by atoms with Gasteiger partial charge in [0.15, 0.2) is 0 Å². The molecule has 0 aliphatic carbocycles. The molecule has 0 bridgehead atoms. The summed E-state index contributed by atoms with van der Waals surface area (Å²) in [6.07, 6.45) is 2.08. The van der Waals surface area contributed by atoms with Crippen LogP contribution in [0.4, 0.5) is 0 Å². The second-order valence-electron chi connectivity index (χ2n) is 3.91. The molecule has 0 aromatic rings. The molecule has 0 saturated carbocycles. The average molecular weight is 474 g/mol. The van der Waals surface area contributed by atoms with Crippen molar-refractivity contribution in [3.05, 3.63) is 11.5 Å². The molecule has 0 saturated heterocycles. The zero-order valence-corrected chi connectivity index (χ0v) is 14.8. The van der Waals surface area contributed by atoms with E-state index in [1.807, 2.05) is 0 Å². The fraction of sp³-hybridized carbons (Fsp3) is 1.00. The SMILES string of the molecule is CC(C)CC[NH-].CC(C)CC[NH-].O.O.[Cl][Pt+2][Cl]. The molecule has 114 valence electrons. The predicted molar refractivity (Wildman–Crippen MR) is 76.2 cm³/mol. The van der Waals surface area contributed by atoms with Gasteiger partial charge in [0.25, 0.3) is 0 Å². The van der Waals surface area contributed by atoms with E-state index in [-0.39, 0.29) is 11.0 Å². The Balaban J connectivity index is -0.0000000421. The molecular weight excluding hydrogens is 446 g/mol. The average Bonchev–Trinajstić information content (AvgIpc) is 2.05. The van der Waals surface area contributed by atoms with Crippen LogP contribution in [0.3, 0.4) is 0 Å². The van der Waals surface area contributed by atoms with Crippen molar-refractivity contribution in [2.45, 2.75) is 40.5 Å². The van der Waals surface area contributed by atoms with Crippen molar-refractivity contribution in [2.75, 3.05) is 13.1 Å². The Bertz CT molecular complexity index is 92.4. The molecule has 0 aromatic carbocycles. The van der Waals surface area contributed by atoms with Gasteiger partial charge in [0.2, 0.25) is 0 Å². The number of halogens is 2. The van der Waals surface area contributed by atoms with Crippen molar-refractivity contribution in [3.8, 4) is 0 Å². The summed E-state index contributed by atoms with van der Waals surface area (Å²) in [5, 5.41) is 0. The first-order valence-corrected chi connectivity index (χ1v) is 10.7. The molecule has 0 fully saturated rings. The van der Waals surface area contributed by atoms with E-state index in [9.17, 15) is 0 Å². The maximum absolute atomic E-state index is 6.73. The third-order valence-electron chi connectivity index (χ3n) is 1.44. The van der Waals surface area contributed by atoms with Crippen molar-refractivity contribution < 1.29 is 27.4 Å². The summed E-state index contributed by atoms with van der Waals surface area (Å²) < 4.78 is 0. The molecule has 17 heavy (non-hydrogen) atoms. The summed E-state index contributed by atoms with van der Waals surface area (Å²) >= 11 is -0.472. The van der Waals surface area contributed by atoms with E-state index in [0.29, 0.717) is 24.9 Å². The first-order chi connectivity index (χ1) is 6.95. The van der Waals surface area contributed by atoms with Crippen LogP contribution < -0.4 is 0 Å². The molecule has 0 aliphatic rings. The summed E-state index contributed by atoms with van der Waals surface area (Å²) in [5.41, 5.74) is 13.5.